The Hall–Kier alpha value is -2.49. The maximum absolute atomic E-state index is 5.88. The van der Waals surface area contributed by atoms with Crippen LogP contribution >= 0.6 is 0 Å². The number of benzene rings is 2. The van der Waals surface area contributed by atoms with Crippen molar-refractivity contribution in [3.05, 3.63) is 53.6 Å². The third-order valence-electron chi connectivity index (χ3n) is 4.07. The van der Waals surface area contributed by atoms with Crippen LogP contribution in [0.4, 0.5) is 11.7 Å². The van der Waals surface area contributed by atoms with Crippen molar-refractivity contribution in [1.29, 1.82) is 0 Å². The van der Waals surface area contributed by atoms with E-state index in [2.05, 4.69) is 22.4 Å². The largest absolute Gasteiger partial charge is 0.424 e. The lowest BCUT2D eigenvalue weighted by Gasteiger charge is -2.26. The van der Waals surface area contributed by atoms with Gasteiger partial charge >= 0.3 is 0 Å². The van der Waals surface area contributed by atoms with E-state index in [4.69, 9.17) is 10.2 Å². The normalized spacial score (nSPS) is 17.6. The number of nitrogens with one attached hydrogen (secondary N) is 1. The molecule has 0 radical (unpaired) electrons. The number of anilines is 2. The second-order valence-corrected chi connectivity index (χ2v) is 5.53. The van der Waals surface area contributed by atoms with Crippen molar-refractivity contribution in [2.45, 2.75) is 25.3 Å². The third kappa shape index (κ3) is 2.23. The van der Waals surface area contributed by atoms with E-state index in [9.17, 15) is 0 Å². The summed E-state index contributed by atoms with van der Waals surface area (Å²) >= 11 is 0. The van der Waals surface area contributed by atoms with Gasteiger partial charge in [-0.2, -0.15) is 4.98 Å². The summed E-state index contributed by atoms with van der Waals surface area (Å²) in [6.07, 6.45) is 3.32. The number of oxazole rings is 1. The zero-order chi connectivity index (χ0) is 14.2. The van der Waals surface area contributed by atoms with Gasteiger partial charge in [-0.1, -0.05) is 18.2 Å². The first kappa shape index (κ1) is 12.3. The molecule has 106 valence electrons. The van der Waals surface area contributed by atoms with Gasteiger partial charge in [0.05, 0.1) is 6.04 Å². The Balaban J connectivity index is 1.66. The molecule has 0 bridgehead atoms. The van der Waals surface area contributed by atoms with Crippen LogP contribution in [0.25, 0.3) is 11.1 Å². The van der Waals surface area contributed by atoms with Crippen LogP contribution < -0.4 is 11.1 Å². The smallest absolute Gasteiger partial charge is 0.296 e. The predicted molar refractivity (Wildman–Crippen MR) is 84.2 cm³/mol. The lowest BCUT2D eigenvalue weighted by Crippen LogP contribution is -2.17. The first-order chi connectivity index (χ1) is 10.3. The van der Waals surface area contributed by atoms with E-state index in [0.29, 0.717) is 6.01 Å². The van der Waals surface area contributed by atoms with Crippen LogP contribution in [0.15, 0.2) is 46.9 Å². The molecule has 0 aliphatic heterocycles. The number of nitrogens with zero attached hydrogens (tertiary/aromatic N) is 1. The molecule has 1 atom stereocenters. The minimum absolute atomic E-state index is 0.238. The monoisotopic (exact) mass is 279 g/mol. The van der Waals surface area contributed by atoms with Crippen molar-refractivity contribution in [3.8, 4) is 0 Å². The van der Waals surface area contributed by atoms with Crippen molar-refractivity contribution >= 4 is 22.8 Å². The van der Waals surface area contributed by atoms with Gasteiger partial charge in [-0.25, -0.2) is 0 Å². The zero-order valence-corrected chi connectivity index (χ0v) is 11.7. The second-order valence-electron chi connectivity index (χ2n) is 5.53. The van der Waals surface area contributed by atoms with Gasteiger partial charge in [0.25, 0.3) is 6.01 Å². The van der Waals surface area contributed by atoms with E-state index in [1.165, 1.54) is 11.1 Å². The van der Waals surface area contributed by atoms with Crippen LogP contribution in [0.5, 0.6) is 0 Å². The highest BCUT2D eigenvalue weighted by atomic mass is 16.4. The first-order valence-corrected chi connectivity index (χ1v) is 7.30. The van der Waals surface area contributed by atoms with Crippen molar-refractivity contribution in [2.75, 3.05) is 11.1 Å². The van der Waals surface area contributed by atoms with Gasteiger partial charge in [-0.05, 0) is 54.7 Å². The lowest BCUT2D eigenvalue weighted by molar-refractivity contribution is 0.555. The van der Waals surface area contributed by atoms with Gasteiger partial charge in [0.2, 0.25) is 0 Å². The van der Waals surface area contributed by atoms with E-state index in [0.717, 1.165) is 36.0 Å². The lowest BCUT2D eigenvalue weighted by atomic mass is 9.87. The Bertz CT molecular complexity index is 761. The average molecular weight is 279 g/mol. The second kappa shape index (κ2) is 4.81. The molecular weight excluding hydrogens is 262 g/mol. The van der Waals surface area contributed by atoms with E-state index < -0.39 is 0 Å². The van der Waals surface area contributed by atoms with Crippen molar-refractivity contribution in [1.82, 2.24) is 4.98 Å². The minimum atomic E-state index is 0.238. The summed E-state index contributed by atoms with van der Waals surface area (Å²) in [5.41, 5.74) is 11.0. The fourth-order valence-electron chi connectivity index (χ4n) is 3.07. The molecular formula is C17H17N3O. The summed E-state index contributed by atoms with van der Waals surface area (Å²) in [5.74, 6) is 0. The van der Waals surface area contributed by atoms with Crippen molar-refractivity contribution < 1.29 is 4.42 Å². The Labute approximate surface area is 123 Å². The molecule has 1 aromatic heterocycles. The third-order valence-corrected chi connectivity index (χ3v) is 4.07. The summed E-state index contributed by atoms with van der Waals surface area (Å²) in [6, 6.07) is 14.8. The molecule has 1 aliphatic carbocycles. The average Bonchev–Trinajstić information content (AvgIpc) is 2.89. The van der Waals surface area contributed by atoms with Gasteiger partial charge in [-0.3, -0.25) is 0 Å². The SMILES string of the molecule is Nc1ccc2c(c1)CCCC2Nc1nc2ccccc2o1. The molecule has 2 aromatic carbocycles. The number of para-hydroxylation sites is 2. The molecule has 0 amide bonds. The van der Waals surface area contributed by atoms with E-state index in [1.807, 2.05) is 30.3 Å². The highest BCUT2D eigenvalue weighted by Crippen LogP contribution is 2.34. The summed E-state index contributed by atoms with van der Waals surface area (Å²) in [7, 11) is 0. The van der Waals surface area contributed by atoms with Crippen LogP contribution in [0.2, 0.25) is 0 Å². The Morgan fingerprint density at radius 3 is 3.00 bits per heavy atom. The van der Waals surface area contributed by atoms with Crippen LogP contribution in [-0.4, -0.2) is 4.98 Å². The van der Waals surface area contributed by atoms with Gasteiger partial charge in [-0.15, -0.1) is 0 Å². The van der Waals surface area contributed by atoms with E-state index in [-0.39, 0.29) is 6.04 Å². The molecule has 1 heterocycles. The minimum Gasteiger partial charge on any atom is -0.424 e. The molecule has 4 heteroatoms. The molecule has 0 saturated heterocycles. The van der Waals surface area contributed by atoms with Crippen molar-refractivity contribution in [2.24, 2.45) is 0 Å². The maximum Gasteiger partial charge on any atom is 0.296 e. The summed E-state index contributed by atoms with van der Waals surface area (Å²) < 4.78 is 5.76. The topological polar surface area (TPSA) is 64.1 Å². The van der Waals surface area contributed by atoms with Crippen LogP contribution in [0, 0.1) is 0 Å². The number of aryl methyl sites for hydroxylation is 1. The fourth-order valence-corrected chi connectivity index (χ4v) is 3.07. The van der Waals surface area contributed by atoms with Gasteiger partial charge in [0, 0.05) is 5.69 Å². The van der Waals surface area contributed by atoms with Gasteiger partial charge in [0.1, 0.15) is 5.52 Å². The quantitative estimate of drug-likeness (QED) is 0.698. The van der Waals surface area contributed by atoms with Crippen LogP contribution in [0.3, 0.4) is 0 Å². The van der Waals surface area contributed by atoms with Crippen molar-refractivity contribution in [3.63, 3.8) is 0 Å². The number of nitrogen functional groups attached to an aromatic ring is 1. The predicted octanol–water partition coefficient (Wildman–Crippen LogP) is 3.90. The molecule has 1 aliphatic rings. The van der Waals surface area contributed by atoms with E-state index in [1.54, 1.807) is 0 Å². The van der Waals surface area contributed by atoms with Crippen LogP contribution in [-0.2, 0) is 6.42 Å². The highest BCUT2D eigenvalue weighted by Gasteiger charge is 2.21. The number of fused-ring (bicyclic) bond motifs is 2. The fraction of sp³-hybridized carbons (Fsp3) is 0.235. The van der Waals surface area contributed by atoms with Gasteiger partial charge in [0.15, 0.2) is 5.58 Å². The van der Waals surface area contributed by atoms with Gasteiger partial charge < -0.3 is 15.5 Å². The molecule has 21 heavy (non-hydrogen) atoms. The number of rotatable bonds is 2. The molecule has 1 unspecified atom stereocenters. The molecule has 0 fully saturated rings. The molecule has 4 rings (SSSR count). The first-order valence-electron chi connectivity index (χ1n) is 7.30. The molecule has 3 N–H and O–H groups in total. The maximum atomic E-state index is 5.88. The number of nitrogens with two attached hydrogens (primary N) is 1. The summed E-state index contributed by atoms with van der Waals surface area (Å²) in [5, 5.41) is 3.43. The Morgan fingerprint density at radius 1 is 1.19 bits per heavy atom. The highest BCUT2D eigenvalue weighted by molar-refractivity contribution is 5.74. The zero-order valence-electron chi connectivity index (χ0n) is 11.7. The Morgan fingerprint density at radius 2 is 2.10 bits per heavy atom. The van der Waals surface area contributed by atoms with E-state index >= 15 is 0 Å². The molecule has 3 aromatic rings. The summed E-state index contributed by atoms with van der Waals surface area (Å²) in [6.45, 7) is 0. The molecule has 0 spiro atoms. The number of aromatic nitrogens is 1. The van der Waals surface area contributed by atoms with Crippen LogP contribution in [0.1, 0.15) is 30.0 Å². The summed E-state index contributed by atoms with van der Waals surface area (Å²) in [4.78, 5) is 4.49. The molecule has 4 nitrogen and oxygen atoms in total. The number of hydrogen-bond acceptors (Lipinski definition) is 4. The number of hydrogen-bond donors (Lipinski definition) is 2. The standard InChI is InChI=1S/C17H17N3O/c18-12-8-9-13-11(10-12)4-3-6-14(13)19-17-20-15-5-1-2-7-16(15)21-17/h1-2,5,7-10,14H,3-4,6,18H2,(H,19,20). The Kier molecular flexibility index (Phi) is 2.81. The molecule has 0 saturated carbocycles.